The highest BCUT2D eigenvalue weighted by Gasteiger charge is 2.26. The Morgan fingerprint density at radius 3 is 2.14 bits per heavy atom. The molecular weight excluding hydrogens is 474 g/mol. The van der Waals surface area contributed by atoms with Crippen molar-refractivity contribution >= 4 is 21.6 Å². The molecule has 0 aliphatic rings. The minimum Gasteiger partial charge on any atom is -0.325 e. The highest BCUT2D eigenvalue weighted by atomic mass is 32.2. The highest BCUT2D eigenvalue weighted by molar-refractivity contribution is 7.89. The van der Waals surface area contributed by atoms with Crippen LogP contribution in [0.1, 0.15) is 38.1 Å². The topological polar surface area (TPSA) is 117 Å². The van der Waals surface area contributed by atoms with E-state index in [1.807, 2.05) is 60.7 Å². The van der Waals surface area contributed by atoms with Gasteiger partial charge in [-0.3, -0.25) is 9.89 Å². The molecule has 1 heterocycles. The summed E-state index contributed by atoms with van der Waals surface area (Å²) < 4.78 is 27.8. The van der Waals surface area contributed by atoms with Crippen molar-refractivity contribution in [1.82, 2.24) is 19.9 Å². The molecule has 1 unspecified atom stereocenters. The summed E-state index contributed by atoms with van der Waals surface area (Å²) in [5.41, 5.74) is 1.70. The maximum Gasteiger partial charge on any atom is 0.241 e. The van der Waals surface area contributed by atoms with E-state index in [9.17, 15) is 13.2 Å². The number of anilines is 1. The minimum absolute atomic E-state index is 0.124. The molecule has 0 radical (unpaired) electrons. The molecule has 36 heavy (non-hydrogen) atoms. The van der Waals surface area contributed by atoms with Crippen LogP contribution in [0.2, 0.25) is 0 Å². The molecule has 186 valence electrons. The number of aromatic amines is 1. The molecular formula is C27H29N5O3S. The van der Waals surface area contributed by atoms with Crippen molar-refractivity contribution in [3.05, 3.63) is 96.3 Å². The monoisotopic (exact) mass is 503 g/mol. The van der Waals surface area contributed by atoms with Gasteiger partial charge in [-0.05, 0) is 57.0 Å². The third kappa shape index (κ3) is 6.44. The van der Waals surface area contributed by atoms with Crippen molar-refractivity contribution in [3.63, 3.8) is 0 Å². The Morgan fingerprint density at radius 2 is 1.53 bits per heavy atom. The fourth-order valence-corrected chi connectivity index (χ4v) is 5.14. The Hall–Kier alpha value is -3.82. The number of hydrogen-bond donors (Lipinski definition) is 3. The molecule has 1 aromatic heterocycles. The number of aromatic nitrogens is 3. The SMILES string of the molecule is CC(C)(C)NS(=O)(=O)c1ccc(NC(=O)C(Cc2ccccc2)c2nc(-c3ccccc3)n[nH]2)cc1. The molecule has 0 saturated carbocycles. The van der Waals surface area contributed by atoms with Gasteiger partial charge in [0.1, 0.15) is 11.7 Å². The lowest BCUT2D eigenvalue weighted by Gasteiger charge is -2.20. The molecule has 9 heteroatoms. The van der Waals surface area contributed by atoms with E-state index in [0.717, 1.165) is 11.1 Å². The predicted molar refractivity (Wildman–Crippen MR) is 140 cm³/mol. The van der Waals surface area contributed by atoms with Crippen LogP contribution in [-0.4, -0.2) is 35.0 Å². The molecule has 3 N–H and O–H groups in total. The highest BCUT2D eigenvalue weighted by Crippen LogP contribution is 2.24. The first-order valence-electron chi connectivity index (χ1n) is 11.6. The molecule has 1 atom stereocenters. The number of H-pyrrole nitrogens is 1. The lowest BCUT2D eigenvalue weighted by atomic mass is 9.97. The molecule has 0 saturated heterocycles. The Bertz CT molecular complexity index is 1410. The van der Waals surface area contributed by atoms with Crippen molar-refractivity contribution in [2.75, 3.05) is 5.32 Å². The number of benzene rings is 3. The lowest BCUT2D eigenvalue weighted by molar-refractivity contribution is -0.117. The van der Waals surface area contributed by atoms with Gasteiger partial charge in [-0.15, -0.1) is 0 Å². The summed E-state index contributed by atoms with van der Waals surface area (Å²) in [6.07, 6.45) is 0.415. The minimum atomic E-state index is -3.67. The van der Waals surface area contributed by atoms with Crippen LogP contribution in [0.4, 0.5) is 5.69 Å². The van der Waals surface area contributed by atoms with Crippen molar-refractivity contribution in [1.29, 1.82) is 0 Å². The van der Waals surface area contributed by atoms with Crippen LogP contribution >= 0.6 is 0 Å². The number of carbonyl (C=O) groups is 1. The zero-order valence-electron chi connectivity index (χ0n) is 20.4. The largest absolute Gasteiger partial charge is 0.325 e. The van der Waals surface area contributed by atoms with Crippen LogP contribution in [0.15, 0.2) is 89.8 Å². The Labute approximate surface area is 211 Å². The molecule has 0 aliphatic carbocycles. The molecule has 4 rings (SSSR count). The van der Waals surface area contributed by atoms with E-state index in [0.29, 0.717) is 23.8 Å². The third-order valence-corrected chi connectivity index (χ3v) is 7.11. The summed E-state index contributed by atoms with van der Waals surface area (Å²) in [4.78, 5) is 18.1. The van der Waals surface area contributed by atoms with Gasteiger partial charge in [-0.25, -0.2) is 18.1 Å². The first-order chi connectivity index (χ1) is 17.1. The molecule has 0 fully saturated rings. The van der Waals surface area contributed by atoms with E-state index >= 15 is 0 Å². The summed E-state index contributed by atoms with van der Waals surface area (Å²) in [5.74, 6) is 0.0440. The average molecular weight is 504 g/mol. The Balaban J connectivity index is 1.57. The fraction of sp³-hybridized carbons (Fsp3) is 0.222. The van der Waals surface area contributed by atoms with Gasteiger partial charge in [0.2, 0.25) is 15.9 Å². The molecule has 3 aromatic carbocycles. The summed E-state index contributed by atoms with van der Waals surface area (Å²) in [6, 6.07) is 25.3. The number of nitrogens with zero attached hydrogens (tertiary/aromatic N) is 2. The maximum atomic E-state index is 13.4. The zero-order valence-corrected chi connectivity index (χ0v) is 21.2. The average Bonchev–Trinajstić information content (AvgIpc) is 3.32. The van der Waals surface area contributed by atoms with E-state index in [1.165, 1.54) is 12.1 Å². The molecule has 0 bridgehead atoms. The summed E-state index contributed by atoms with van der Waals surface area (Å²) >= 11 is 0. The van der Waals surface area contributed by atoms with Gasteiger partial charge in [-0.1, -0.05) is 60.7 Å². The normalized spacial score (nSPS) is 12.8. The Kier molecular flexibility index (Phi) is 7.32. The van der Waals surface area contributed by atoms with Crippen LogP contribution in [0.3, 0.4) is 0 Å². The second kappa shape index (κ2) is 10.4. The van der Waals surface area contributed by atoms with Gasteiger partial charge in [0.15, 0.2) is 5.82 Å². The molecule has 0 spiro atoms. The molecule has 1 amide bonds. The van der Waals surface area contributed by atoms with E-state index in [1.54, 1.807) is 32.9 Å². The van der Waals surface area contributed by atoms with Crippen LogP contribution in [0.25, 0.3) is 11.4 Å². The van der Waals surface area contributed by atoms with Crippen LogP contribution in [-0.2, 0) is 21.2 Å². The van der Waals surface area contributed by atoms with Crippen molar-refractivity contribution in [2.45, 2.75) is 43.5 Å². The maximum absolute atomic E-state index is 13.4. The number of sulfonamides is 1. The number of nitrogens with one attached hydrogen (secondary N) is 3. The fourth-order valence-electron chi connectivity index (χ4n) is 3.72. The molecule has 8 nitrogen and oxygen atoms in total. The van der Waals surface area contributed by atoms with Crippen LogP contribution in [0.5, 0.6) is 0 Å². The van der Waals surface area contributed by atoms with Crippen molar-refractivity contribution in [3.8, 4) is 11.4 Å². The molecule has 4 aromatic rings. The third-order valence-electron chi connectivity index (χ3n) is 5.34. The second-order valence-corrected chi connectivity index (χ2v) is 11.2. The number of amides is 1. The van der Waals surface area contributed by atoms with E-state index in [-0.39, 0.29) is 10.8 Å². The Morgan fingerprint density at radius 1 is 0.917 bits per heavy atom. The summed E-state index contributed by atoms with van der Waals surface area (Å²) in [6.45, 7) is 5.33. The van der Waals surface area contributed by atoms with Gasteiger partial charge in [0.25, 0.3) is 0 Å². The van der Waals surface area contributed by atoms with Gasteiger partial charge in [-0.2, -0.15) is 5.10 Å². The van der Waals surface area contributed by atoms with Crippen LogP contribution in [0, 0.1) is 0 Å². The summed E-state index contributed by atoms with van der Waals surface area (Å²) in [7, 11) is -3.67. The van der Waals surface area contributed by atoms with Gasteiger partial charge in [0.05, 0.1) is 4.90 Å². The van der Waals surface area contributed by atoms with Gasteiger partial charge >= 0.3 is 0 Å². The number of carbonyl (C=O) groups excluding carboxylic acids is 1. The number of rotatable bonds is 8. The van der Waals surface area contributed by atoms with Crippen molar-refractivity contribution < 1.29 is 13.2 Å². The zero-order chi connectivity index (χ0) is 25.8. The van der Waals surface area contributed by atoms with E-state index < -0.39 is 21.5 Å². The lowest BCUT2D eigenvalue weighted by Crippen LogP contribution is -2.40. The first kappa shape index (κ1) is 25.3. The second-order valence-electron chi connectivity index (χ2n) is 9.52. The first-order valence-corrected chi connectivity index (χ1v) is 13.1. The predicted octanol–water partition coefficient (Wildman–Crippen LogP) is 4.51. The van der Waals surface area contributed by atoms with Gasteiger partial charge in [0, 0.05) is 16.8 Å². The van der Waals surface area contributed by atoms with Crippen molar-refractivity contribution in [2.24, 2.45) is 0 Å². The quantitative estimate of drug-likeness (QED) is 0.327. The van der Waals surface area contributed by atoms with Crippen LogP contribution < -0.4 is 10.0 Å². The standard InChI is InChI=1S/C27H29N5O3S/c1-27(2,3)32-36(34,35)22-16-14-21(15-17-22)28-26(33)23(18-19-10-6-4-7-11-19)25-29-24(30-31-25)20-12-8-5-9-13-20/h4-17,23,32H,18H2,1-3H3,(H,28,33)(H,29,30,31). The van der Waals surface area contributed by atoms with E-state index in [2.05, 4.69) is 25.2 Å². The van der Waals surface area contributed by atoms with E-state index in [4.69, 9.17) is 0 Å². The smallest absolute Gasteiger partial charge is 0.241 e. The number of hydrogen-bond acceptors (Lipinski definition) is 5. The molecule has 0 aliphatic heterocycles. The van der Waals surface area contributed by atoms with Gasteiger partial charge < -0.3 is 5.32 Å². The summed E-state index contributed by atoms with van der Waals surface area (Å²) in [5, 5.41) is 10.1.